The monoisotopic (exact) mass is 365 g/mol. The van der Waals surface area contributed by atoms with E-state index >= 15 is 0 Å². The molecule has 0 saturated heterocycles. The number of ether oxygens (including phenoxy) is 3. The maximum absolute atomic E-state index is 12.5. The van der Waals surface area contributed by atoms with E-state index in [2.05, 4.69) is 5.32 Å². The number of esters is 2. The van der Waals surface area contributed by atoms with Crippen LogP contribution in [0.2, 0.25) is 0 Å². The summed E-state index contributed by atoms with van der Waals surface area (Å²) in [6.07, 6.45) is 0.553. The molecule has 0 radical (unpaired) electrons. The summed E-state index contributed by atoms with van der Waals surface area (Å²) in [7, 11) is 0. The molecule has 0 fully saturated rings. The van der Waals surface area contributed by atoms with Gasteiger partial charge in [-0.1, -0.05) is 43.7 Å². The van der Waals surface area contributed by atoms with Gasteiger partial charge in [0.05, 0.1) is 19.3 Å². The highest BCUT2D eigenvalue weighted by Gasteiger charge is 2.34. The van der Waals surface area contributed by atoms with E-state index in [4.69, 9.17) is 14.2 Å². The quantitative estimate of drug-likeness (QED) is 0.574. The highest BCUT2D eigenvalue weighted by atomic mass is 16.6. The van der Waals surface area contributed by atoms with Gasteiger partial charge in [-0.05, 0) is 32.8 Å². The Bertz CT molecular complexity index is 534. The number of carbonyl (C=O) groups excluding carboxylic acids is 2. The van der Waals surface area contributed by atoms with Gasteiger partial charge < -0.3 is 14.2 Å². The molecule has 0 amide bonds. The van der Waals surface area contributed by atoms with Crippen molar-refractivity contribution >= 4 is 11.9 Å². The zero-order chi connectivity index (χ0) is 19.4. The lowest BCUT2D eigenvalue weighted by Crippen LogP contribution is -2.47. The van der Waals surface area contributed by atoms with Crippen LogP contribution in [0.5, 0.6) is 0 Å². The molecule has 1 unspecified atom stereocenters. The van der Waals surface area contributed by atoms with E-state index in [0.717, 1.165) is 12.0 Å². The van der Waals surface area contributed by atoms with E-state index in [-0.39, 0.29) is 12.6 Å². The van der Waals surface area contributed by atoms with Crippen molar-refractivity contribution in [1.82, 2.24) is 5.32 Å². The summed E-state index contributed by atoms with van der Waals surface area (Å²) in [6, 6.07) is 8.43. The first-order valence-corrected chi connectivity index (χ1v) is 9.34. The van der Waals surface area contributed by atoms with Gasteiger partial charge in [0.1, 0.15) is 6.04 Å². The normalized spacial score (nSPS) is 14.3. The molecule has 0 spiro atoms. The summed E-state index contributed by atoms with van der Waals surface area (Å²) in [5.41, 5.74) is 0.851. The molecule has 146 valence electrons. The van der Waals surface area contributed by atoms with E-state index in [0.29, 0.717) is 19.6 Å². The molecule has 1 rings (SSSR count). The van der Waals surface area contributed by atoms with Crippen molar-refractivity contribution in [1.29, 1.82) is 0 Å². The highest BCUT2D eigenvalue weighted by molar-refractivity contribution is 5.78. The van der Waals surface area contributed by atoms with Crippen molar-refractivity contribution < 1.29 is 23.8 Å². The Kier molecular flexibility index (Phi) is 10.6. The summed E-state index contributed by atoms with van der Waals surface area (Å²) in [5.74, 6) is -0.774. The molecule has 6 nitrogen and oxygen atoms in total. The van der Waals surface area contributed by atoms with Gasteiger partial charge >= 0.3 is 11.9 Å². The van der Waals surface area contributed by atoms with Crippen molar-refractivity contribution in [3.05, 3.63) is 35.9 Å². The maximum Gasteiger partial charge on any atom is 0.337 e. The largest absolute Gasteiger partial charge is 0.465 e. The lowest BCUT2D eigenvalue weighted by Gasteiger charge is -2.30. The van der Waals surface area contributed by atoms with Crippen LogP contribution in [0.15, 0.2) is 30.3 Å². The molecule has 3 atom stereocenters. The first-order valence-electron chi connectivity index (χ1n) is 9.34. The lowest BCUT2D eigenvalue weighted by molar-refractivity contribution is -0.160. The van der Waals surface area contributed by atoms with Crippen LogP contribution in [0.1, 0.15) is 52.1 Å². The standard InChI is InChI=1S/C20H31NO5/c1-5-12-16(19(22)25-7-3)21-17(15-13-10-9-11-14-15)18(24-6-2)20(23)26-8-4/h9-11,13-14,16-18,21H,5-8,12H2,1-4H3/t16?,17-,18+/m1/s1. The molecule has 26 heavy (non-hydrogen) atoms. The van der Waals surface area contributed by atoms with Crippen molar-refractivity contribution in [3.63, 3.8) is 0 Å². The Balaban J connectivity index is 3.17. The van der Waals surface area contributed by atoms with Gasteiger partial charge in [0.2, 0.25) is 0 Å². The lowest BCUT2D eigenvalue weighted by atomic mass is 9.99. The second-order valence-corrected chi connectivity index (χ2v) is 5.78. The second-order valence-electron chi connectivity index (χ2n) is 5.78. The second kappa shape index (κ2) is 12.4. The molecule has 6 heteroatoms. The number of benzene rings is 1. The van der Waals surface area contributed by atoms with E-state index in [1.54, 1.807) is 13.8 Å². The van der Waals surface area contributed by atoms with Crippen LogP contribution < -0.4 is 5.32 Å². The minimum Gasteiger partial charge on any atom is -0.465 e. The van der Waals surface area contributed by atoms with E-state index < -0.39 is 24.2 Å². The molecule has 0 aliphatic carbocycles. The first kappa shape index (κ1) is 22.1. The van der Waals surface area contributed by atoms with Crippen LogP contribution in [-0.4, -0.2) is 43.9 Å². The van der Waals surface area contributed by atoms with E-state index in [9.17, 15) is 9.59 Å². The summed E-state index contributed by atoms with van der Waals surface area (Å²) in [6.45, 7) is 8.28. The fourth-order valence-electron chi connectivity index (χ4n) is 2.74. The first-order chi connectivity index (χ1) is 12.6. The molecule has 0 heterocycles. The molecule has 0 bridgehead atoms. The van der Waals surface area contributed by atoms with Crippen LogP contribution in [-0.2, 0) is 23.8 Å². The fraction of sp³-hybridized carbons (Fsp3) is 0.600. The van der Waals surface area contributed by atoms with Crippen LogP contribution >= 0.6 is 0 Å². The Morgan fingerprint density at radius 1 is 0.923 bits per heavy atom. The molecule has 0 aliphatic heterocycles. The molecule has 1 N–H and O–H groups in total. The average Bonchev–Trinajstić information content (AvgIpc) is 2.64. The van der Waals surface area contributed by atoms with Gasteiger partial charge in [0.15, 0.2) is 6.10 Å². The third-order valence-electron chi connectivity index (χ3n) is 3.86. The van der Waals surface area contributed by atoms with Crippen molar-refractivity contribution in [2.75, 3.05) is 19.8 Å². The van der Waals surface area contributed by atoms with Gasteiger partial charge in [-0.3, -0.25) is 10.1 Å². The van der Waals surface area contributed by atoms with Gasteiger partial charge in [-0.15, -0.1) is 0 Å². The van der Waals surface area contributed by atoms with Crippen molar-refractivity contribution in [2.24, 2.45) is 0 Å². The van der Waals surface area contributed by atoms with Crippen LogP contribution in [0, 0.1) is 0 Å². The number of rotatable bonds is 12. The smallest absolute Gasteiger partial charge is 0.337 e. The van der Waals surface area contributed by atoms with E-state index in [1.807, 2.05) is 44.2 Å². The molecule has 0 saturated carbocycles. The Morgan fingerprint density at radius 3 is 2.08 bits per heavy atom. The van der Waals surface area contributed by atoms with E-state index in [1.165, 1.54) is 0 Å². The van der Waals surface area contributed by atoms with Crippen LogP contribution in [0.4, 0.5) is 0 Å². The summed E-state index contributed by atoms with van der Waals surface area (Å²) in [4.78, 5) is 24.8. The minimum atomic E-state index is -0.851. The summed E-state index contributed by atoms with van der Waals surface area (Å²) < 4.78 is 16.1. The third kappa shape index (κ3) is 6.77. The molecule has 1 aromatic carbocycles. The van der Waals surface area contributed by atoms with Gasteiger partial charge in [0.25, 0.3) is 0 Å². The third-order valence-corrected chi connectivity index (χ3v) is 3.86. The molecular formula is C20H31NO5. The molecule has 0 aliphatic rings. The number of hydrogen-bond donors (Lipinski definition) is 1. The van der Waals surface area contributed by atoms with Crippen molar-refractivity contribution in [3.8, 4) is 0 Å². The average molecular weight is 365 g/mol. The van der Waals surface area contributed by atoms with Crippen molar-refractivity contribution in [2.45, 2.75) is 58.7 Å². The Labute approximate surface area is 156 Å². The molecule has 1 aromatic rings. The highest BCUT2D eigenvalue weighted by Crippen LogP contribution is 2.22. The Hall–Kier alpha value is -1.92. The number of nitrogens with one attached hydrogen (secondary N) is 1. The van der Waals surface area contributed by atoms with Crippen LogP contribution in [0.3, 0.4) is 0 Å². The predicted octanol–water partition coefficient (Wildman–Crippen LogP) is 3.02. The number of carbonyl (C=O) groups is 2. The zero-order valence-corrected chi connectivity index (χ0v) is 16.2. The summed E-state index contributed by atoms with van der Waals surface area (Å²) >= 11 is 0. The predicted molar refractivity (Wildman–Crippen MR) is 99.7 cm³/mol. The van der Waals surface area contributed by atoms with Gasteiger partial charge in [-0.25, -0.2) is 4.79 Å². The van der Waals surface area contributed by atoms with Gasteiger partial charge in [-0.2, -0.15) is 0 Å². The SMILES string of the molecule is CCCC(N[C@H](c1ccccc1)[C@H](OCC)C(=O)OCC)C(=O)OCC. The molecule has 0 aromatic heterocycles. The topological polar surface area (TPSA) is 73.9 Å². The number of hydrogen-bond acceptors (Lipinski definition) is 6. The zero-order valence-electron chi connectivity index (χ0n) is 16.2. The minimum absolute atomic E-state index is 0.264. The summed E-state index contributed by atoms with van der Waals surface area (Å²) in [5, 5.41) is 3.28. The molecular weight excluding hydrogens is 334 g/mol. The van der Waals surface area contributed by atoms with Crippen LogP contribution in [0.25, 0.3) is 0 Å². The van der Waals surface area contributed by atoms with Gasteiger partial charge in [0, 0.05) is 6.61 Å². The Morgan fingerprint density at radius 2 is 1.54 bits per heavy atom. The maximum atomic E-state index is 12.5. The fourth-order valence-corrected chi connectivity index (χ4v) is 2.74.